The Morgan fingerprint density at radius 2 is 2.21 bits per heavy atom. The van der Waals surface area contributed by atoms with E-state index >= 15 is 0 Å². The summed E-state index contributed by atoms with van der Waals surface area (Å²) in [6.07, 6.45) is 1.08. The van der Waals surface area contributed by atoms with Crippen LogP contribution in [-0.2, 0) is 6.42 Å². The zero-order valence-corrected chi connectivity index (χ0v) is 8.80. The molecule has 1 aromatic rings. The number of nitrogens with one attached hydrogen (secondary N) is 1. The van der Waals surface area contributed by atoms with Crippen molar-refractivity contribution in [3.8, 4) is 0 Å². The molecule has 0 fully saturated rings. The van der Waals surface area contributed by atoms with Gasteiger partial charge in [0.1, 0.15) is 0 Å². The van der Waals surface area contributed by atoms with Crippen LogP contribution in [0.25, 0.3) is 0 Å². The van der Waals surface area contributed by atoms with Crippen LogP contribution in [0, 0.1) is 13.8 Å². The summed E-state index contributed by atoms with van der Waals surface area (Å²) in [7, 11) is 0. The predicted octanol–water partition coefficient (Wildman–Crippen LogP) is 1.48. The first kappa shape index (κ1) is 9.69. The number of aliphatic hydroxyl groups is 1. The Balaban J connectivity index is 2.50. The maximum Gasteiger partial charge on any atom is 0.0626 e. The summed E-state index contributed by atoms with van der Waals surface area (Å²) in [5.74, 6) is 0. The smallest absolute Gasteiger partial charge is 0.0626 e. The summed E-state index contributed by atoms with van der Waals surface area (Å²) in [5.41, 5.74) is 5.45. The summed E-state index contributed by atoms with van der Waals surface area (Å²) < 4.78 is 0. The molecule has 0 radical (unpaired) electrons. The first-order valence-corrected chi connectivity index (χ1v) is 5.17. The van der Waals surface area contributed by atoms with Crippen LogP contribution in [0.5, 0.6) is 0 Å². The maximum atomic E-state index is 9.24. The van der Waals surface area contributed by atoms with Gasteiger partial charge >= 0.3 is 0 Å². The Morgan fingerprint density at radius 3 is 2.93 bits per heavy atom. The Hall–Kier alpha value is -0.860. The fourth-order valence-electron chi connectivity index (χ4n) is 2.20. The van der Waals surface area contributed by atoms with Gasteiger partial charge in [-0.3, -0.25) is 0 Å². The van der Waals surface area contributed by atoms with E-state index in [1.165, 1.54) is 22.3 Å². The third kappa shape index (κ3) is 1.45. The lowest BCUT2D eigenvalue weighted by Crippen LogP contribution is -2.32. The monoisotopic (exact) mass is 191 g/mol. The molecule has 1 atom stereocenters. The molecule has 1 aliphatic heterocycles. The zero-order valence-electron chi connectivity index (χ0n) is 8.80. The Kier molecular flexibility index (Phi) is 2.57. The van der Waals surface area contributed by atoms with Crippen LogP contribution >= 0.6 is 0 Å². The lowest BCUT2D eigenvalue weighted by molar-refractivity contribution is 0.240. The van der Waals surface area contributed by atoms with Crippen LogP contribution in [0.1, 0.15) is 28.3 Å². The molecule has 1 unspecified atom stereocenters. The van der Waals surface area contributed by atoms with Gasteiger partial charge in [0.2, 0.25) is 0 Å². The highest BCUT2D eigenvalue weighted by atomic mass is 16.3. The van der Waals surface area contributed by atoms with Gasteiger partial charge in [0.05, 0.1) is 12.6 Å². The van der Waals surface area contributed by atoms with Gasteiger partial charge in [-0.1, -0.05) is 12.1 Å². The van der Waals surface area contributed by atoms with Gasteiger partial charge in [0.15, 0.2) is 0 Å². The van der Waals surface area contributed by atoms with E-state index < -0.39 is 0 Å². The summed E-state index contributed by atoms with van der Waals surface area (Å²) in [6.45, 7) is 5.48. The molecular formula is C12H17NO. The second kappa shape index (κ2) is 3.71. The molecule has 0 saturated heterocycles. The highest BCUT2D eigenvalue weighted by molar-refractivity contribution is 5.42. The summed E-state index contributed by atoms with van der Waals surface area (Å²) >= 11 is 0. The second-order valence-electron chi connectivity index (χ2n) is 4.01. The molecule has 0 aliphatic carbocycles. The molecule has 0 amide bonds. The van der Waals surface area contributed by atoms with E-state index in [1.807, 2.05) is 0 Å². The standard InChI is InChI=1S/C12H17NO/c1-8-3-4-11-10(9(8)2)5-6-13-12(11)7-14/h3-4,12-14H,5-7H2,1-2H3. The van der Waals surface area contributed by atoms with Gasteiger partial charge in [-0.2, -0.15) is 0 Å². The minimum atomic E-state index is 0.137. The predicted molar refractivity (Wildman–Crippen MR) is 57.4 cm³/mol. The lowest BCUT2D eigenvalue weighted by atomic mass is 9.89. The van der Waals surface area contributed by atoms with Crippen LogP contribution in [0.4, 0.5) is 0 Å². The van der Waals surface area contributed by atoms with Crippen molar-refractivity contribution in [2.75, 3.05) is 13.2 Å². The highest BCUT2D eigenvalue weighted by Crippen LogP contribution is 2.26. The number of aliphatic hydroxyl groups excluding tert-OH is 1. The Bertz CT molecular complexity index is 346. The maximum absolute atomic E-state index is 9.24. The molecule has 1 heterocycles. The first-order valence-electron chi connectivity index (χ1n) is 5.17. The first-order chi connectivity index (χ1) is 6.74. The fraction of sp³-hybridized carbons (Fsp3) is 0.500. The summed E-state index contributed by atoms with van der Waals surface area (Å²) in [6, 6.07) is 4.42. The van der Waals surface area contributed by atoms with Gasteiger partial charge < -0.3 is 10.4 Å². The number of fused-ring (bicyclic) bond motifs is 1. The molecule has 2 heteroatoms. The van der Waals surface area contributed by atoms with Crippen molar-refractivity contribution >= 4 is 0 Å². The van der Waals surface area contributed by atoms with E-state index in [-0.39, 0.29) is 12.6 Å². The topological polar surface area (TPSA) is 32.3 Å². The van der Waals surface area contributed by atoms with E-state index in [0.29, 0.717) is 0 Å². The van der Waals surface area contributed by atoms with Gasteiger partial charge in [0, 0.05) is 0 Å². The van der Waals surface area contributed by atoms with E-state index in [4.69, 9.17) is 0 Å². The second-order valence-corrected chi connectivity index (χ2v) is 4.01. The molecule has 0 spiro atoms. The minimum Gasteiger partial charge on any atom is -0.394 e. The van der Waals surface area contributed by atoms with E-state index in [1.54, 1.807) is 0 Å². The molecule has 0 bridgehead atoms. The summed E-state index contributed by atoms with van der Waals surface area (Å²) in [5, 5.41) is 12.6. The number of hydrogen-bond donors (Lipinski definition) is 2. The van der Waals surface area contributed by atoms with E-state index in [9.17, 15) is 5.11 Å². The molecular weight excluding hydrogens is 174 g/mol. The van der Waals surface area contributed by atoms with Gasteiger partial charge in [0.25, 0.3) is 0 Å². The van der Waals surface area contributed by atoms with Crippen molar-refractivity contribution in [1.82, 2.24) is 5.32 Å². The highest BCUT2D eigenvalue weighted by Gasteiger charge is 2.20. The van der Waals surface area contributed by atoms with E-state index in [2.05, 4.69) is 31.3 Å². The molecule has 0 aromatic heterocycles. The number of aryl methyl sites for hydroxylation is 1. The van der Waals surface area contributed by atoms with Gasteiger partial charge in [-0.15, -0.1) is 0 Å². The molecule has 0 saturated carbocycles. The lowest BCUT2D eigenvalue weighted by Gasteiger charge is -2.27. The molecule has 1 aliphatic rings. The molecule has 2 N–H and O–H groups in total. The van der Waals surface area contributed by atoms with Crippen molar-refractivity contribution in [2.45, 2.75) is 26.3 Å². The van der Waals surface area contributed by atoms with E-state index in [0.717, 1.165) is 13.0 Å². The number of hydrogen-bond acceptors (Lipinski definition) is 2. The normalized spacial score (nSPS) is 20.6. The van der Waals surface area contributed by atoms with Crippen molar-refractivity contribution in [3.63, 3.8) is 0 Å². The SMILES string of the molecule is Cc1ccc2c(c1C)CCNC2CO. The largest absolute Gasteiger partial charge is 0.394 e. The molecule has 76 valence electrons. The number of rotatable bonds is 1. The molecule has 1 aromatic carbocycles. The molecule has 2 rings (SSSR count). The quantitative estimate of drug-likeness (QED) is 0.704. The van der Waals surface area contributed by atoms with Crippen molar-refractivity contribution in [2.24, 2.45) is 0 Å². The van der Waals surface area contributed by atoms with Crippen LogP contribution in [0.3, 0.4) is 0 Å². The fourth-order valence-corrected chi connectivity index (χ4v) is 2.20. The average Bonchev–Trinajstić information content (AvgIpc) is 2.23. The van der Waals surface area contributed by atoms with Gasteiger partial charge in [-0.05, 0) is 49.1 Å². The molecule has 14 heavy (non-hydrogen) atoms. The van der Waals surface area contributed by atoms with Crippen LogP contribution in [0.15, 0.2) is 12.1 Å². The van der Waals surface area contributed by atoms with Crippen LogP contribution < -0.4 is 5.32 Å². The minimum absolute atomic E-state index is 0.137. The Labute approximate surface area is 85.0 Å². The van der Waals surface area contributed by atoms with Crippen molar-refractivity contribution < 1.29 is 5.11 Å². The van der Waals surface area contributed by atoms with Crippen molar-refractivity contribution in [1.29, 1.82) is 0 Å². The Morgan fingerprint density at radius 1 is 1.43 bits per heavy atom. The average molecular weight is 191 g/mol. The molecule has 2 nitrogen and oxygen atoms in total. The van der Waals surface area contributed by atoms with Gasteiger partial charge in [-0.25, -0.2) is 0 Å². The number of benzene rings is 1. The third-order valence-electron chi connectivity index (χ3n) is 3.23. The van der Waals surface area contributed by atoms with Crippen LogP contribution in [0.2, 0.25) is 0 Å². The third-order valence-corrected chi connectivity index (χ3v) is 3.23. The van der Waals surface area contributed by atoms with Crippen LogP contribution in [-0.4, -0.2) is 18.3 Å². The summed E-state index contributed by atoms with van der Waals surface area (Å²) in [4.78, 5) is 0. The zero-order chi connectivity index (χ0) is 10.1. The van der Waals surface area contributed by atoms with Crippen molar-refractivity contribution in [3.05, 3.63) is 34.4 Å².